The van der Waals surface area contributed by atoms with Gasteiger partial charge in [0.1, 0.15) is 5.82 Å². The van der Waals surface area contributed by atoms with Crippen LogP contribution >= 0.6 is 38.9 Å². The van der Waals surface area contributed by atoms with E-state index >= 15 is 0 Å². The minimum absolute atomic E-state index is 0.0439. The van der Waals surface area contributed by atoms with Gasteiger partial charge in [0.2, 0.25) is 0 Å². The third kappa shape index (κ3) is 2.67. The van der Waals surface area contributed by atoms with Crippen LogP contribution in [0.4, 0.5) is 13.2 Å². The standard InChI is InChI=1S/C11H5BrClF3S/c12-11(9-1-2-10(13)17-9)5-3-7(15)8(16)4-6(5)14/h1-4,11H. The summed E-state index contributed by atoms with van der Waals surface area (Å²) in [5.74, 6) is -3.07. The molecule has 0 amide bonds. The van der Waals surface area contributed by atoms with Gasteiger partial charge in [0, 0.05) is 16.5 Å². The molecule has 0 N–H and O–H groups in total. The van der Waals surface area contributed by atoms with Gasteiger partial charge in [-0.1, -0.05) is 27.5 Å². The number of thiophene rings is 1. The fraction of sp³-hybridized carbons (Fsp3) is 0.0909. The first kappa shape index (κ1) is 12.9. The zero-order valence-corrected chi connectivity index (χ0v) is 11.3. The van der Waals surface area contributed by atoms with E-state index in [1.807, 2.05) is 0 Å². The molecule has 2 aromatic rings. The van der Waals surface area contributed by atoms with Crippen molar-refractivity contribution in [2.75, 3.05) is 0 Å². The molecule has 0 saturated carbocycles. The lowest BCUT2D eigenvalue weighted by Crippen LogP contribution is -1.98. The quantitative estimate of drug-likeness (QED) is 0.513. The highest BCUT2D eigenvalue weighted by atomic mass is 79.9. The van der Waals surface area contributed by atoms with Gasteiger partial charge in [-0.15, -0.1) is 11.3 Å². The molecule has 0 saturated heterocycles. The zero-order valence-electron chi connectivity index (χ0n) is 8.18. The van der Waals surface area contributed by atoms with E-state index < -0.39 is 22.3 Å². The Balaban J connectivity index is 2.43. The maximum absolute atomic E-state index is 13.5. The van der Waals surface area contributed by atoms with Crippen molar-refractivity contribution in [2.24, 2.45) is 0 Å². The van der Waals surface area contributed by atoms with E-state index in [9.17, 15) is 13.2 Å². The first-order valence-corrected chi connectivity index (χ1v) is 6.64. The summed E-state index contributed by atoms with van der Waals surface area (Å²) in [4.78, 5) is 0.176. The molecule has 0 aliphatic rings. The Labute approximate surface area is 113 Å². The van der Waals surface area contributed by atoms with Crippen LogP contribution in [0.15, 0.2) is 24.3 Å². The van der Waals surface area contributed by atoms with Crippen molar-refractivity contribution < 1.29 is 13.2 Å². The first-order chi connectivity index (χ1) is 7.99. The van der Waals surface area contributed by atoms with Crippen LogP contribution in [0.5, 0.6) is 0 Å². The third-order valence-electron chi connectivity index (χ3n) is 2.16. The lowest BCUT2D eigenvalue weighted by Gasteiger charge is -2.09. The Morgan fingerprint density at radius 3 is 2.29 bits per heavy atom. The number of rotatable bonds is 2. The minimum atomic E-state index is -1.20. The maximum atomic E-state index is 13.5. The summed E-state index contributed by atoms with van der Waals surface area (Å²) in [5, 5.41) is 0. The predicted octanol–water partition coefficient (Wildman–Crippen LogP) is 5.30. The minimum Gasteiger partial charge on any atom is -0.207 e. The van der Waals surface area contributed by atoms with Crippen LogP contribution < -0.4 is 0 Å². The largest absolute Gasteiger partial charge is 0.207 e. The van der Waals surface area contributed by atoms with E-state index in [2.05, 4.69) is 15.9 Å². The van der Waals surface area contributed by atoms with Gasteiger partial charge in [-0.3, -0.25) is 0 Å². The van der Waals surface area contributed by atoms with Crippen molar-refractivity contribution in [2.45, 2.75) is 4.83 Å². The summed E-state index contributed by atoms with van der Waals surface area (Å²) in [6, 6.07) is 4.74. The molecule has 0 radical (unpaired) electrons. The SMILES string of the molecule is Fc1cc(F)c(C(Br)c2ccc(Cl)s2)cc1F. The number of hydrogen-bond donors (Lipinski definition) is 0. The van der Waals surface area contributed by atoms with Gasteiger partial charge in [0.25, 0.3) is 0 Å². The molecule has 2 rings (SSSR count). The Morgan fingerprint density at radius 1 is 1.06 bits per heavy atom. The fourth-order valence-corrected chi connectivity index (χ4v) is 3.19. The summed E-state index contributed by atoms with van der Waals surface area (Å²) in [6.45, 7) is 0. The number of alkyl halides is 1. The van der Waals surface area contributed by atoms with Crippen LogP contribution in [-0.2, 0) is 0 Å². The molecule has 0 aliphatic heterocycles. The second-order valence-electron chi connectivity index (χ2n) is 3.29. The highest BCUT2D eigenvalue weighted by Gasteiger charge is 2.19. The molecule has 90 valence electrons. The molecule has 1 unspecified atom stereocenters. The number of halogens is 5. The highest BCUT2D eigenvalue weighted by Crippen LogP contribution is 2.38. The predicted molar refractivity (Wildman–Crippen MR) is 66.4 cm³/mol. The molecule has 0 spiro atoms. The van der Waals surface area contributed by atoms with Gasteiger partial charge in [-0.25, -0.2) is 13.2 Å². The van der Waals surface area contributed by atoms with Crippen molar-refractivity contribution in [1.82, 2.24) is 0 Å². The summed E-state index contributed by atoms with van der Waals surface area (Å²) in [6.07, 6.45) is 0. The molecular weight excluding hydrogens is 337 g/mol. The maximum Gasteiger partial charge on any atom is 0.161 e. The van der Waals surface area contributed by atoms with Crippen LogP contribution in [0.2, 0.25) is 4.34 Å². The second kappa shape index (κ2) is 5.00. The van der Waals surface area contributed by atoms with Crippen LogP contribution in [0, 0.1) is 17.5 Å². The normalized spacial score (nSPS) is 12.8. The van der Waals surface area contributed by atoms with Gasteiger partial charge < -0.3 is 0 Å². The Bertz CT molecular complexity index is 556. The van der Waals surface area contributed by atoms with Crippen LogP contribution in [0.25, 0.3) is 0 Å². The second-order valence-corrected chi connectivity index (χ2v) is 5.95. The molecule has 1 aromatic carbocycles. The van der Waals surface area contributed by atoms with Crippen molar-refractivity contribution in [3.05, 3.63) is 56.5 Å². The molecule has 1 heterocycles. The van der Waals surface area contributed by atoms with Gasteiger partial charge in [-0.05, 0) is 18.2 Å². The lowest BCUT2D eigenvalue weighted by atomic mass is 10.1. The molecule has 0 nitrogen and oxygen atoms in total. The van der Waals surface area contributed by atoms with E-state index in [0.717, 1.165) is 10.9 Å². The molecule has 17 heavy (non-hydrogen) atoms. The molecule has 1 atom stereocenters. The lowest BCUT2D eigenvalue weighted by molar-refractivity contribution is 0.491. The molecule has 0 fully saturated rings. The van der Waals surface area contributed by atoms with E-state index in [0.29, 0.717) is 10.4 Å². The van der Waals surface area contributed by atoms with Gasteiger partial charge in [0.15, 0.2) is 11.6 Å². The van der Waals surface area contributed by atoms with Crippen molar-refractivity contribution in [3.63, 3.8) is 0 Å². The Morgan fingerprint density at radius 2 is 1.71 bits per heavy atom. The van der Waals surface area contributed by atoms with E-state index in [4.69, 9.17) is 11.6 Å². The Kier molecular flexibility index (Phi) is 3.80. The topological polar surface area (TPSA) is 0 Å². The summed E-state index contributed by atoms with van der Waals surface area (Å²) >= 11 is 10.2. The summed E-state index contributed by atoms with van der Waals surface area (Å²) < 4.78 is 39.9. The summed E-state index contributed by atoms with van der Waals surface area (Å²) in [7, 11) is 0. The average Bonchev–Trinajstić information content (AvgIpc) is 2.69. The van der Waals surface area contributed by atoms with Gasteiger partial charge in [-0.2, -0.15) is 0 Å². The first-order valence-electron chi connectivity index (χ1n) is 4.53. The third-order valence-corrected chi connectivity index (χ3v) is 4.74. The molecule has 0 bridgehead atoms. The monoisotopic (exact) mass is 340 g/mol. The fourth-order valence-electron chi connectivity index (χ4n) is 1.35. The molecular formula is C11H5BrClF3S. The highest BCUT2D eigenvalue weighted by molar-refractivity contribution is 9.09. The van der Waals surface area contributed by atoms with Crippen LogP contribution in [-0.4, -0.2) is 0 Å². The van der Waals surface area contributed by atoms with Crippen molar-refractivity contribution >= 4 is 38.9 Å². The number of hydrogen-bond acceptors (Lipinski definition) is 1. The number of benzene rings is 1. The van der Waals surface area contributed by atoms with Crippen LogP contribution in [0.3, 0.4) is 0 Å². The molecule has 0 aliphatic carbocycles. The summed E-state index contributed by atoms with van der Waals surface area (Å²) in [5.41, 5.74) is 0.0439. The van der Waals surface area contributed by atoms with Crippen molar-refractivity contribution in [1.29, 1.82) is 0 Å². The van der Waals surface area contributed by atoms with Gasteiger partial charge >= 0.3 is 0 Å². The Hall–Kier alpha value is -0.520. The molecule has 1 aromatic heterocycles. The smallest absolute Gasteiger partial charge is 0.161 e. The zero-order chi connectivity index (χ0) is 12.6. The van der Waals surface area contributed by atoms with Crippen LogP contribution in [0.1, 0.15) is 15.3 Å². The molecule has 6 heteroatoms. The van der Waals surface area contributed by atoms with E-state index in [1.165, 1.54) is 11.3 Å². The average molecular weight is 342 g/mol. The van der Waals surface area contributed by atoms with E-state index in [-0.39, 0.29) is 5.56 Å². The van der Waals surface area contributed by atoms with Gasteiger partial charge in [0.05, 0.1) is 9.16 Å². The van der Waals surface area contributed by atoms with E-state index in [1.54, 1.807) is 12.1 Å². The van der Waals surface area contributed by atoms with Crippen molar-refractivity contribution in [3.8, 4) is 0 Å².